The molecular formula is C18H25N5O3. The van der Waals surface area contributed by atoms with Gasteiger partial charge in [-0.25, -0.2) is 15.0 Å². The Morgan fingerprint density at radius 1 is 1.35 bits per heavy atom. The van der Waals surface area contributed by atoms with Gasteiger partial charge in [-0.05, 0) is 31.9 Å². The number of rotatable bonds is 10. The second-order valence-corrected chi connectivity index (χ2v) is 5.94. The van der Waals surface area contributed by atoms with Gasteiger partial charge in [0.1, 0.15) is 18.1 Å². The molecule has 0 saturated heterocycles. The number of nitrogens with zero attached hydrogens (tertiary/aromatic N) is 3. The predicted octanol–water partition coefficient (Wildman–Crippen LogP) is 1.82. The minimum Gasteiger partial charge on any atom is -0.482 e. The molecule has 0 fully saturated rings. The van der Waals surface area contributed by atoms with Gasteiger partial charge in [0.15, 0.2) is 11.6 Å². The molecule has 4 N–H and O–H groups in total. The van der Waals surface area contributed by atoms with Gasteiger partial charge in [-0.3, -0.25) is 4.79 Å². The van der Waals surface area contributed by atoms with Crippen molar-refractivity contribution in [1.29, 1.82) is 0 Å². The van der Waals surface area contributed by atoms with Crippen LogP contribution in [-0.4, -0.2) is 38.6 Å². The molecule has 0 aromatic carbocycles. The second kappa shape index (κ2) is 9.67. The lowest BCUT2D eigenvalue weighted by atomic mass is 10.1. The van der Waals surface area contributed by atoms with Gasteiger partial charge in [0, 0.05) is 12.6 Å². The summed E-state index contributed by atoms with van der Waals surface area (Å²) in [6.45, 7) is 4.14. The van der Waals surface area contributed by atoms with Crippen molar-refractivity contribution in [3.63, 3.8) is 0 Å². The van der Waals surface area contributed by atoms with Gasteiger partial charge in [-0.2, -0.15) is 0 Å². The molecule has 1 atom stereocenters. The lowest BCUT2D eigenvalue weighted by Gasteiger charge is -2.20. The first-order chi connectivity index (χ1) is 12.5. The number of carbonyl (C=O) groups is 1. The molecule has 0 radical (unpaired) electrons. The zero-order chi connectivity index (χ0) is 18.9. The molecule has 2 aromatic rings. The molecule has 1 amide bonds. The number of aryl methyl sites for hydroxylation is 1. The maximum atomic E-state index is 11.2. The molecule has 0 bridgehead atoms. The number of pyridine rings is 1. The van der Waals surface area contributed by atoms with Crippen LogP contribution in [0, 0.1) is 6.92 Å². The van der Waals surface area contributed by atoms with Crippen LogP contribution in [0.5, 0.6) is 5.75 Å². The molecule has 1 unspecified atom stereocenters. The average Bonchev–Trinajstić information content (AvgIpc) is 2.62. The van der Waals surface area contributed by atoms with Crippen LogP contribution in [0.25, 0.3) is 0 Å². The molecule has 8 nitrogen and oxygen atoms in total. The highest BCUT2D eigenvalue weighted by Crippen LogP contribution is 2.24. The number of ether oxygens (including phenoxy) is 1. The highest BCUT2D eigenvalue weighted by Gasteiger charge is 2.14. The molecule has 2 aromatic heterocycles. The summed E-state index contributed by atoms with van der Waals surface area (Å²) in [5.74, 6) is 1.10. The molecule has 8 heteroatoms. The lowest BCUT2D eigenvalue weighted by Crippen LogP contribution is -2.22. The van der Waals surface area contributed by atoms with E-state index in [0.29, 0.717) is 29.5 Å². The van der Waals surface area contributed by atoms with Crippen molar-refractivity contribution < 1.29 is 14.6 Å². The van der Waals surface area contributed by atoms with Gasteiger partial charge < -0.3 is 20.9 Å². The fourth-order valence-corrected chi connectivity index (χ4v) is 2.50. The van der Waals surface area contributed by atoms with E-state index in [2.05, 4.69) is 27.2 Å². The van der Waals surface area contributed by atoms with E-state index in [1.807, 2.05) is 0 Å². The number of amides is 1. The standard InChI is InChI=1S/C18H25N5O3/c1-3-5-13(8-9-24)23-18-16(10-20-12(2)21-18)26-11-14-6-4-7-15(22-14)17(19)25/h4,6-7,10,13,24H,3,5,8-9,11H2,1-2H3,(H2,19,25)(H,20,21,23). The Labute approximate surface area is 152 Å². The summed E-state index contributed by atoms with van der Waals surface area (Å²) in [4.78, 5) is 24.0. The Morgan fingerprint density at radius 3 is 2.85 bits per heavy atom. The molecule has 2 rings (SSSR count). The fraction of sp³-hybridized carbons (Fsp3) is 0.444. The SMILES string of the molecule is CCCC(CCO)Nc1nc(C)ncc1OCc1cccc(C(N)=O)n1. The Kier molecular flexibility index (Phi) is 7.28. The summed E-state index contributed by atoms with van der Waals surface area (Å²) in [5.41, 5.74) is 6.02. The van der Waals surface area contributed by atoms with E-state index in [4.69, 9.17) is 10.5 Å². The number of anilines is 1. The molecule has 0 aliphatic heterocycles. The number of nitrogens with two attached hydrogens (primary N) is 1. The normalized spacial score (nSPS) is 11.8. The maximum Gasteiger partial charge on any atom is 0.267 e. The number of nitrogens with one attached hydrogen (secondary N) is 1. The second-order valence-electron chi connectivity index (χ2n) is 5.94. The number of aliphatic hydroxyl groups excluding tert-OH is 1. The Balaban J connectivity index is 2.13. The Morgan fingerprint density at radius 2 is 2.15 bits per heavy atom. The summed E-state index contributed by atoms with van der Waals surface area (Å²) in [5, 5.41) is 12.6. The molecule has 0 saturated carbocycles. The third-order valence-electron chi connectivity index (χ3n) is 3.77. The van der Waals surface area contributed by atoms with Gasteiger partial charge in [0.25, 0.3) is 5.91 Å². The molecular weight excluding hydrogens is 334 g/mol. The largest absolute Gasteiger partial charge is 0.482 e. The van der Waals surface area contributed by atoms with Crippen LogP contribution in [0.1, 0.15) is 48.2 Å². The van der Waals surface area contributed by atoms with Gasteiger partial charge in [-0.15, -0.1) is 0 Å². The molecule has 0 aliphatic rings. The van der Waals surface area contributed by atoms with E-state index < -0.39 is 5.91 Å². The molecule has 0 spiro atoms. The van der Waals surface area contributed by atoms with Crippen LogP contribution in [0.15, 0.2) is 24.4 Å². The highest BCUT2D eigenvalue weighted by molar-refractivity contribution is 5.90. The van der Waals surface area contributed by atoms with E-state index in [0.717, 1.165) is 12.8 Å². The molecule has 26 heavy (non-hydrogen) atoms. The van der Waals surface area contributed by atoms with Crippen molar-refractivity contribution in [3.05, 3.63) is 41.6 Å². The van der Waals surface area contributed by atoms with Gasteiger partial charge >= 0.3 is 0 Å². The minimum atomic E-state index is -0.584. The van der Waals surface area contributed by atoms with Crippen molar-refractivity contribution in [2.75, 3.05) is 11.9 Å². The van der Waals surface area contributed by atoms with Crippen LogP contribution < -0.4 is 15.8 Å². The zero-order valence-electron chi connectivity index (χ0n) is 15.1. The predicted molar refractivity (Wildman–Crippen MR) is 97.9 cm³/mol. The number of aromatic nitrogens is 3. The van der Waals surface area contributed by atoms with Crippen LogP contribution in [-0.2, 0) is 6.61 Å². The first-order valence-corrected chi connectivity index (χ1v) is 8.63. The maximum absolute atomic E-state index is 11.2. The summed E-state index contributed by atoms with van der Waals surface area (Å²) in [6.07, 6.45) is 4.12. The number of primary amides is 1. The van der Waals surface area contributed by atoms with Gasteiger partial charge in [0.05, 0.1) is 11.9 Å². The van der Waals surface area contributed by atoms with Crippen LogP contribution in [0.2, 0.25) is 0 Å². The van der Waals surface area contributed by atoms with Crippen LogP contribution in [0.4, 0.5) is 5.82 Å². The van der Waals surface area contributed by atoms with Crippen molar-refractivity contribution in [1.82, 2.24) is 15.0 Å². The molecule has 0 aliphatic carbocycles. The fourth-order valence-electron chi connectivity index (χ4n) is 2.50. The van der Waals surface area contributed by atoms with Crippen molar-refractivity contribution >= 4 is 11.7 Å². The van der Waals surface area contributed by atoms with Gasteiger partial charge in [-0.1, -0.05) is 19.4 Å². The number of hydrogen-bond acceptors (Lipinski definition) is 7. The van der Waals surface area contributed by atoms with Crippen molar-refractivity contribution in [2.24, 2.45) is 5.73 Å². The quantitative estimate of drug-likeness (QED) is 0.591. The van der Waals surface area contributed by atoms with E-state index >= 15 is 0 Å². The summed E-state index contributed by atoms with van der Waals surface area (Å²) < 4.78 is 5.81. The Hall–Kier alpha value is -2.74. The number of hydrogen-bond donors (Lipinski definition) is 3. The summed E-state index contributed by atoms with van der Waals surface area (Å²) in [6, 6.07) is 5.10. The summed E-state index contributed by atoms with van der Waals surface area (Å²) >= 11 is 0. The first kappa shape index (κ1) is 19.6. The summed E-state index contributed by atoms with van der Waals surface area (Å²) in [7, 11) is 0. The third-order valence-corrected chi connectivity index (χ3v) is 3.77. The van der Waals surface area contributed by atoms with Gasteiger partial charge in [0.2, 0.25) is 0 Å². The highest BCUT2D eigenvalue weighted by atomic mass is 16.5. The topological polar surface area (TPSA) is 123 Å². The Bertz CT molecular complexity index is 733. The van der Waals surface area contributed by atoms with Crippen LogP contribution >= 0.6 is 0 Å². The lowest BCUT2D eigenvalue weighted by molar-refractivity contribution is 0.0995. The third kappa shape index (κ3) is 5.66. The van der Waals surface area contributed by atoms with Crippen molar-refractivity contribution in [2.45, 2.75) is 45.8 Å². The minimum absolute atomic E-state index is 0.0953. The number of aliphatic hydroxyl groups is 1. The number of carbonyl (C=O) groups excluding carboxylic acids is 1. The van der Waals surface area contributed by atoms with E-state index in [1.54, 1.807) is 31.3 Å². The molecule has 140 valence electrons. The zero-order valence-corrected chi connectivity index (χ0v) is 15.1. The monoisotopic (exact) mass is 359 g/mol. The van der Waals surface area contributed by atoms with E-state index in [-0.39, 0.29) is 24.9 Å². The first-order valence-electron chi connectivity index (χ1n) is 8.63. The van der Waals surface area contributed by atoms with Crippen molar-refractivity contribution in [3.8, 4) is 5.75 Å². The van der Waals surface area contributed by atoms with Crippen LogP contribution in [0.3, 0.4) is 0 Å². The smallest absolute Gasteiger partial charge is 0.267 e. The van der Waals surface area contributed by atoms with E-state index in [9.17, 15) is 9.90 Å². The average molecular weight is 359 g/mol. The molecule has 2 heterocycles. The van der Waals surface area contributed by atoms with E-state index in [1.165, 1.54) is 0 Å².